The largest absolute Gasteiger partial charge is 0.493 e. The van der Waals surface area contributed by atoms with Crippen LogP contribution < -0.4 is 14.4 Å². The monoisotopic (exact) mass is 343 g/mol. The van der Waals surface area contributed by atoms with E-state index in [0.29, 0.717) is 36.6 Å². The predicted molar refractivity (Wildman–Crippen MR) is 94.9 cm³/mol. The Labute approximate surface area is 147 Å². The van der Waals surface area contributed by atoms with Gasteiger partial charge >= 0.3 is 0 Å². The molecule has 0 spiro atoms. The zero-order chi connectivity index (χ0) is 17.8. The molecule has 1 aliphatic rings. The van der Waals surface area contributed by atoms with Crippen LogP contribution in [-0.4, -0.2) is 26.7 Å². The van der Waals surface area contributed by atoms with Crippen molar-refractivity contribution >= 4 is 11.6 Å². The number of hydrogen-bond acceptors (Lipinski definition) is 3. The molecular formula is C20H22FNO3. The Bertz CT molecular complexity index is 776. The molecule has 1 amide bonds. The van der Waals surface area contributed by atoms with E-state index >= 15 is 0 Å². The molecule has 0 aliphatic carbocycles. The Kier molecular flexibility index (Phi) is 5.22. The fraction of sp³-hybridized carbons (Fsp3) is 0.350. The maximum atomic E-state index is 14.2. The van der Waals surface area contributed by atoms with Gasteiger partial charge in [0.05, 0.1) is 19.9 Å². The molecule has 25 heavy (non-hydrogen) atoms. The van der Waals surface area contributed by atoms with Crippen LogP contribution >= 0.6 is 0 Å². The number of methoxy groups -OCH3 is 2. The van der Waals surface area contributed by atoms with Crippen LogP contribution in [-0.2, 0) is 17.6 Å². The van der Waals surface area contributed by atoms with E-state index < -0.39 is 0 Å². The lowest BCUT2D eigenvalue weighted by atomic mass is 10.0. The molecule has 0 fully saturated rings. The molecule has 1 aliphatic heterocycles. The van der Waals surface area contributed by atoms with Crippen LogP contribution in [0.2, 0.25) is 0 Å². The zero-order valence-electron chi connectivity index (χ0n) is 14.5. The lowest BCUT2D eigenvalue weighted by Gasteiger charge is -2.30. The number of anilines is 1. The third kappa shape index (κ3) is 3.60. The van der Waals surface area contributed by atoms with E-state index in [4.69, 9.17) is 9.47 Å². The second kappa shape index (κ2) is 7.55. The topological polar surface area (TPSA) is 38.8 Å². The minimum atomic E-state index is -0.323. The summed E-state index contributed by atoms with van der Waals surface area (Å²) in [5.41, 5.74) is 2.34. The quantitative estimate of drug-likeness (QED) is 0.830. The summed E-state index contributed by atoms with van der Waals surface area (Å²) in [6.07, 6.45) is 2.56. The van der Waals surface area contributed by atoms with E-state index in [2.05, 4.69) is 0 Å². The number of carbonyl (C=O) groups excluding carboxylic acids is 1. The fourth-order valence-electron chi connectivity index (χ4n) is 3.28. The number of halogens is 1. The molecule has 0 unspecified atom stereocenters. The molecule has 4 nitrogen and oxygen atoms in total. The molecule has 0 N–H and O–H groups in total. The van der Waals surface area contributed by atoms with Crippen molar-refractivity contribution in [1.82, 2.24) is 0 Å². The lowest BCUT2D eigenvalue weighted by Crippen LogP contribution is -2.36. The summed E-state index contributed by atoms with van der Waals surface area (Å²) in [6.45, 7) is 0.568. The molecule has 0 radical (unpaired) electrons. The number of benzene rings is 2. The standard InChI is InChI=1S/C20H22FNO3/c1-24-17-10-8-14(13-18(17)25-2)9-11-19(23)22-12-4-6-15-5-3-7-16(21)20(15)22/h3,5,7-8,10,13H,4,6,9,11-12H2,1-2H3. The van der Waals surface area contributed by atoms with Gasteiger partial charge in [0.15, 0.2) is 11.5 Å². The van der Waals surface area contributed by atoms with E-state index in [0.717, 1.165) is 24.0 Å². The van der Waals surface area contributed by atoms with Gasteiger partial charge in [-0.1, -0.05) is 18.2 Å². The van der Waals surface area contributed by atoms with Crippen molar-refractivity contribution in [1.29, 1.82) is 0 Å². The highest BCUT2D eigenvalue weighted by atomic mass is 19.1. The number of amides is 1. The van der Waals surface area contributed by atoms with Gasteiger partial charge in [-0.25, -0.2) is 4.39 Å². The molecule has 3 rings (SSSR count). The van der Waals surface area contributed by atoms with Gasteiger partial charge in [-0.05, 0) is 48.6 Å². The molecule has 0 saturated carbocycles. The van der Waals surface area contributed by atoms with Crippen molar-refractivity contribution in [2.75, 3.05) is 25.7 Å². The van der Waals surface area contributed by atoms with E-state index in [1.54, 1.807) is 25.2 Å². The smallest absolute Gasteiger partial charge is 0.227 e. The average Bonchev–Trinajstić information content (AvgIpc) is 2.65. The number of fused-ring (bicyclic) bond motifs is 1. The molecule has 2 aromatic carbocycles. The second-order valence-corrected chi connectivity index (χ2v) is 6.09. The molecule has 0 saturated heterocycles. The number of rotatable bonds is 5. The van der Waals surface area contributed by atoms with Crippen LogP contribution in [0, 0.1) is 5.82 Å². The summed E-state index contributed by atoms with van der Waals surface area (Å²) in [5.74, 6) is 0.920. The first-order valence-electron chi connectivity index (χ1n) is 8.42. The van der Waals surface area contributed by atoms with Crippen molar-refractivity contribution in [3.05, 3.63) is 53.3 Å². The van der Waals surface area contributed by atoms with Crippen molar-refractivity contribution in [2.24, 2.45) is 0 Å². The molecule has 0 bridgehead atoms. The maximum Gasteiger partial charge on any atom is 0.227 e. The Balaban J connectivity index is 1.72. The van der Waals surface area contributed by atoms with Gasteiger partial charge in [0.2, 0.25) is 5.91 Å². The van der Waals surface area contributed by atoms with Gasteiger partial charge in [-0.15, -0.1) is 0 Å². The van der Waals surface area contributed by atoms with Crippen LogP contribution in [0.15, 0.2) is 36.4 Å². The second-order valence-electron chi connectivity index (χ2n) is 6.09. The number of carbonyl (C=O) groups is 1. The SMILES string of the molecule is COc1ccc(CCC(=O)N2CCCc3cccc(F)c32)cc1OC. The number of ether oxygens (including phenoxy) is 2. The maximum absolute atomic E-state index is 14.2. The van der Waals surface area contributed by atoms with E-state index in [-0.39, 0.29) is 11.7 Å². The van der Waals surface area contributed by atoms with Crippen molar-refractivity contribution in [3.8, 4) is 11.5 Å². The van der Waals surface area contributed by atoms with E-state index in [1.807, 2.05) is 24.3 Å². The van der Waals surface area contributed by atoms with Gasteiger partial charge < -0.3 is 14.4 Å². The Morgan fingerprint density at radius 1 is 1.16 bits per heavy atom. The van der Waals surface area contributed by atoms with Crippen LogP contribution in [0.3, 0.4) is 0 Å². The van der Waals surface area contributed by atoms with Crippen molar-refractivity contribution in [2.45, 2.75) is 25.7 Å². The highest BCUT2D eigenvalue weighted by Gasteiger charge is 2.25. The van der Waals surface area contributed by atoms with Crippen LogP contribution in [0.4, 0.5) is 10.1 Å². The third-order valence-corrected chi connectivity index (χ3v) is 4.54. The first-order valence-corrected chi connectivity index (χ1v) is 8.42. The van der Waals surface area contributed by atoms with Crippen LogP contribution in [0.25, 0.3) is 0 Å². The van der Waals surface area contributed by atoms with E-state index in [9.17, 15) is 9.18 Å². The summed E-state index contributed by atoms with van der Waals surface area (Å²) < 4.78 is 24.7. The average molecular weight is 343 g/mol. The highest BCUT2D eigenvalue weighted by Crippen LogP contribution is 2.31. The Hall–Kier alpha value is -2.56. The van der Waals surface area contributed by atoms with Gasteiger partial charge in [0, 0.05) is 13.0 Å². The highest BCUT2D eigenvalue weighted by molar-refractivity contribution is 5.94. The number of nitrogens with zero attached hydrogens (tertiary/aromatic N) is 1. The van der Waals surface area contributed by atoms with Gasteiger partial charge in [0.1, 0.15) is 5.82 Å². The number of para-hydroxylation sites is 1. The summed E-state index contributed by atoms with van der Waals surface area (Å²) in [5, 5.41) is 0. The first kappa shape index (κ1) is 17.3. The lowest BCUT2D eigenvalue weighted by molar-refractivity contribution is -0.118. The summed E-state index contributed by atoms with van der Waals surface area (Å²) in [7, 11) is 3.17. The van der Waals surface area contributed by atoms with Crippen LogP contribution in [0.5, 0.6) is 11.5 Å². The zero-order valence-corrected chi connectivity index (χ0v) is 14.5. The summed E-state index contributed by atoms with van der Waals surface area (Å²) in [6, 6.07) is 10.6. The fourth-order valence-corrected chi connectivity index (χ4v) is 3.28. The Morgan fingerprint density at radius 2 is 1.96 bits per heavy atom. The van der Waals surface area contributed by atoms with Crippen molar-refractivity contribution < 1.29 is 18.7 Å². The van der Waals surface area contributed by atoms with E-state index in [1.165, 1.54) is 6.07 Å². The molecule has 0 atom stereocenters. The van der Waals surface area contributed by atoms with Gasteiger partial charge in [0.25, 0.3) is 0 Å². The van der Waals surface area contributed by atoms with Gasteiger partial charge in [-0.3, -0.25) is 4.79 Å². The molecule has 1 heterocycles. The molecule has 0 aromatic heterocycles. The van der Waals surface area contributed by atoms with Crippen LogP contribution in [0.1, 0.15) is 24.0 Å². The van der Waals surface area contributed by atoms with Crippen molar-refractivity contribution in [3.63, 3.8) is 0 Å². The summed E-state index contributed by atoms with van der Waals surface area (Å²) in [4.78, 5) is 14.3. The van der Waals surface area contributed by atoms with Gasteiger partial charge in [-0.2, -0.15) is 0 Å². The normalized spacial score (nSPS) is 13.3. The molecular weight excluding hydrogens is 321 g/mol. The number of aryl methyl sites for hydroxylation is 2. The molecule has 2 aromatic rings. The number of hydrogen-bond donors (Lipinski definition) is 0. The first-order chi connectivity index (χ1) is 12.1. The molecule has 5 heteroatoms. The third-order valence-electron chi connectivity index (χ3n) is 4.54. The predicted octanol–water partition coefficient (Wildman–Crippen LogP) is 3.75. The minimum Gasteiger partial charge on any atom is -0.493 e. The molecule has 132 valence electrons. The minimum absolute atomic E-state index is 0.0548. The summed E-state index contributed by atoms with van der Waals surface area (Å²) >= 11 is 0. The Morgan fingerprint density at radius 3 is 2.72 bits per heavy atom.